The van der Waals surface area contributed by atoms with E-state index in [2.05, 4.69) is 21.2 Å². The van der Waals surface area contributed by atoms with E-state index in [9.17, 15) is 13.2 Å². The molecule has 2 rings (SSSR count). The lowest BCUT2D eigenvalue weighted by Gasteiger charge is -2.18. The van der Waals surface area contributed by atoms with Gasteiger partial charge >= 0.3 is 0 Å². The first kappa shape index (κ1) is 18.1. The highest BCUT2D eigenvalue weighted by Gasteiger charge is 2.24. The van der Waals surface area contributed by atoms with Gasteiger partial charge in [0.15, 0.2) is 0 Å². The number of aryl methyl sites for hydroxylation is 1. The average Bonchev–Trinajstić information content (AvgIpc) is 2.85. The van der Waals surface area contributed by atoms with Gasteiger partial charge in [-0.25, -0.2) is 8.42 Å². The first-order valence-electron chi connectivity index (χ1n) is 6.79. The topological polar surface area (TPSA) is 66.5 Å². The Labute approximate surface area is 148 Å². The quantitative estimate of drug-likeness (QED) is 0.809. The van der Waals surface area contributed by atoms with Gasteiger partial charge in [-0.05, 0) is 52.7 Å². The maximum atomic E-state index is 12.8. The van der Waals surface area contributed by atoms with Crippen molar-refractivity contribution in [1.29, 1.82) is 0 Å². The Bertz CT molecular complexity index is 831. The first-order valence-corrected chi connectivity index (χ1v) is 9.84. The summed E-state index contributed by atoms with van der Waals surface area (Å²) >= 11 is 4.87. The predicted molar refractivity (Wildman–Crippen MR) is 96.2 cm³/mol. The third kappa shape index (κ3) is 4.41. The Morgan fingerprint density at radius 2 is 2.00 bits per heavy atom. The number of nitrogens with zero attached hydrogens (tertiary/aromatic N) is 1. The van der Waals surface area contributed by atoms with E-state index in [0.29, 0.717) is 17.8 Å². The Balaban J connectivity index is 2.32. The van der Waals surface area contributed by atoms with Crippen LogP contribution in [0.4, 0.5) is 5.69 Å². The van der Waals surface area contributed by atoms with Gasteiger partial charge in [0.2, 0.25) is 15.9 Å². The molecule has 0 saturated carbocycles. The monoisotopic (exact) mass is 416 g/mol. The number of thiophene rings is 1. The second-order valence-electron chi connectivity index (χ2n) is 5.13. The van der Waals surface area contributed by atoms with E-state index >= 15 is 0 Å². The molecule has 0 fully saturated rings. The number of carbonyl (C=O) groups is 1. The Morgan fingerprint density at radius 3 is 2.57 bits per heavy atom. The largest absolute Gasteiger partial charge is 0.326 e. The van der Waals surface area contributed by atoms with Crippen molar-refractivity contribution in [3.8, 4) is 0 Å². The van der Waals surface area contributed by atoms with Gasteiger partial charge in [0.25, 0.3) is 0 Å². The molecule has 0 unspecified atom stereocenters. The molecule has 8 heteroatoms. The van der Waals surface area contributed by atoms with Gasteiger partial charge in [-0.1, -0.05) is 6.07 Å². The summed E-state index contributed by atoms with van der Waals surface area (Å²) < 4.78 is 27.9. The van der Waals surface area contributed by atoms with E-state index in [0.717, 1.165) is 8.66 Å². The van der Waals surface area contributed by atoms with Crippen LogP contribution in [0.3, 0.4) is 0 Å². The molecule has 0 radical (unpaired) electrons. The molecule has 1 amide bonds. The van der Waals surface area contributed by atoms with Crippen LogP contribution in [-0.4, -0.2) is 25.7 Å². The van der Waals surface area contributed by atoms with Crippen molar-refractivity contribution in [2.75, 3.05) is 12.4 Å². The van der Waals surface area contributed by atoms with Crippen LogP contribution in [0.15, 0.2) is 39.0 Å². The molecule has 23 heavy (non-hydrogen) atoms. The number of amides is 1. The molecule has 5 nitrogen and oxygen atoms in total. The molecule has 0 saturated heterocycles. The number of hydrogen-bond donors (Lipinski definition) is 1. The standard InChI is InChI=1S/C15H17BrN2O3S2/c1-10-4-5-12(17-11(2)19)8-14(10)23(20,21)18(3)9-13-6-7-15(16)22-13/h4-8H,9H2,1-3H3,(H,17,19). The fourth-order valence-corrected chi connectivity index (χ4v) is 5.08. The summed E-state index contributed by atoms with van der Waals surface area (Å²) in [5.74, 6) is -0.242. The van der Waals surface area contributed by atoms with Crippen LogP contribution in [0, 0.1) is 6.92 Å². The number of nitrogens with one attached hydrogen (secondary N) is 1. The zero-order valence-electron chi connectivity index (χ0n) is 13.0. The van der Waals surface area contributed by atoms with Crippen LogP contribution in [0.25, 0.3) is 0 Å². The lowest BCUT2D eigenvalue weighted by molar-refractivity contribution is -0.114. The predicted octanol–water partition coefficient (Wildman–Crippen LogP) is 3.60. The maximum Gasteiger partial charge on any atom is 0.243 e. The Morgan fingerprint density at radius 1 is 1.30 bits per heavy atom. The fraction of sp³-hybridized carbons (Fsp3) is 0.267. The fourth-order valence-electron chi connectivity index (χ4n) is 2.07. The molecule has 0 atom stereocenters. The summed E-state index contributed by atoms with van der Waals surface area (Å²) in [5, 5.41) is 2.61. The molecule has 124 valence electrons. The van der Waals surface area contributed by atoms with Crippen LogP contribution < -0.4 is 5.32 Å². The van der Waals surface area contributed by atoms with Crippen LogP contribution in [0.5, 0.6) is 0 Å². The number of anilines is 1. The van der Waals surface area contributed by atoms with Gasteiger partial charge in [0, 0.05) is 31.1 Å². The number of benzene rings is 1. The third-order valence-electron chi connectivity index (χ3n) is 3.20. The summed E-state index contributed by atoms with van der Waals surface area (Å²) in [5.41, 5.74) is 1.10. The minimum absolute atomic E-state index is 0.196. The lowest BCUT2D eigenvalue weighted by Crippen LogP contribution is -2.27. The molecule has 1 aromatic carbocycles. The van der Waals surface area contributed by atoms with E-state index in [1.54, 1.807) is 26.1 Å². The van der Waals surface area contributed by atoms with E-state index in [-0.39, 0.29) is 10.8 Å². The van der Waals surface area contributed by atoms with Crippen molar-refractivity contribution in [2.24, 2.45) is 0 Å². The van der Waals surface area contributed by atoms with Crippen molar-refractivity contribution in [1.82, 2.24) is 4.31 Å². The third-order valence-corrected chi connectivity index (χ3v) is 6.76. The number of rotatable bonds is 5. The number of sulfonamides is 1. The van der Waals surface area contributed by atoms with Gasteiger partial charge in [-0.2, -0.15) is 4.31 Å². The van der Waals surface area contributed by atoms with Crippen molar-refractivity contribution >= 4 is 48.9 Å². The van der Waals surface area contributed by atoms with Crippen molar-refractivity contribution in [3.63, 3.8) is 0 Å². The van der Waals surface area contributed by atoms with Gasteiger partial charge in [-0.3, -0.25) is 4.79 Å². The molecule has 1 aromatic heterocycles. The molecule has 1 heterocycles. The van der Waals surface area contributed by atoms with Crippen molar-refractivity contribution < 1.29 is 13.2 Å². The smallest absolute Gasteiger partial charge is 0.243 e. The highest BCUT2D eigenvalue weighted by molar-refractivity contribution is 9.11. The average molecular weight is 417 g/mol. The summed E-state index contributed by atoms with van der Waals surface area (Å²) in [6.07, 6.45) is 0. The van der Waals surface area contributed by atoms with E-state index in [1.165, 1.54) is 28.6 Å². The second-order valence-corrected chi connectivity index (χ2v) is 9.69. The molecular weight excluding hydrogens is 400 g/mol. The number of halogens is 1. The molecule has 2 aromatic rings. The molecule has 1 N–H and O–H groups in total. The van der Waals surface area contributed by atoms with Gasteiger partial charge in [0.05, 0.1) is 8.68 Å². The van der Waals surface area contributed by atoms with Crippen molar-refractivity contribution in [3.05, 3.63) is 44.6 Å². The van der Waals surface area contributed by atoms with Crippen LogP contribution in [-0.2, 0) is 21.4 Å². The zero-order chi connectivity index (χ0) is 17.2. The molecule has 0 spiro atoms. The molecule has 0 aliphatic carbocycles. The molecule has 0 aliphatic rings. The minimum Gasteiger partial charge on any atom is -0.326 e. The SMILES string of the molecule is CC(=O)Nc1ccc(C)c(S(=O)(=O)N(C)Cc2ccc(Br)s2)c1. The van der Waals surface area contributed by atoms with Crippen LogP contribution >= 0.6 is 27.3 Å². The summed E-state index contributed by atoms with van der Waals surface area (Å²) in [6, 6.07) is 8.65. The highest BCUT2D eigenvalue weighted by atomic mass is 79.9. The summed E-state index contributed by atoms with van der Waals surface area (Å²) in [7, 11) is -2.09. The maximum absolute atomic E-state index is 12.8. The van der Waals surface area contributed by atoms with E-state index in [4.69, 9.17) is 0 Å². The Kier molecular flexibility index (Phi) is 5.61. The minimum atomic E-state index is -3.64. The van der Waals surface area contributed by atoms with Crippen LogP contribution in [0.1, 0.15) is 17.4 Å². The lowest BCUT2D eigenvalue weighted by atomic mass is 10.2. The van der Waals surface area contributed by atoms with Crippen molar-refractivity contribution in [2.45, 2.75) is 25.3 Å². The van der Waals surface area contributed by atoms with Gasteiger partial charge in [0.1, 0.15) is 0 Å². The van der Waals surface area contributed by atoms with Gasteiger partial charge in [-0.15, -0.1) is 11.3 Å². The van der Waals surface area contributed by atoms with E-state index in [1.807, 2.05) is 12.1 Å². The highest BCUT2D eigenvalue weighted by Crippen LogP contribution is 2.27. The first-order chi connectivity index (χ1) is 10.7. The number of carbonyl (C=O) groups excluding carboxylic acids is 1. The molecule has 0 aliphatic heterocycles. The molecular formula is C15H17BrN2O3S2. The Hall–Kier alpha value is -1.22. The van der Waals surface area contributed by atoms with E-state index < -0.39 is 10.0 Å². The van der Waals surface area contributed by atoms with Crippen LogP contribution in [0.2, 0.25) is 0 Å². The summed E-state index contributed by atoms with van der Waals surface area (Å²) in [6.45, 7) is 3.41. The zero-order valence-corrected chi connectivity index (χ0v) is 16.2. The normalized spacial score (nSPS) is 11.7. The van der Waals surface area contributed by atoms with Gasteiger partial charge < -0.3 is 5.32 Å². The second kappa shape index (κ2) is 7.12. The molecule has 0 bridgehead atoms. The number of hydrogen-bond acceptors (Lipinski definition) is 4. The summed E-state index contributed by atoms with van der Waals surface area (Å²) in [4.78, 5) is 12.3.